The van der Waals surface area contributed by atoms with Gasteiger partial charge in [-0.1, -0.05) is 0 Å². The molecule has 11 heavy (non-hydrogen) atoms. The molecule has 1 rings (SSSR count). The molecule has 0 unspecified atom stereocenters. The number of nitrogens with two attached hydrogens (primary N) is 1. The molecule has 64 valence electrons. The summed E-state index contributed by atoms with van der Waals surface area (Å²) >= 11 is 0. The highest BCUT2D eigenvalue weighted by Crippen LogP contribution is 2.32. The van der Waals surface area contributed by atoms with E-state index in [2.05, 4.69) is 5.32 Å². The molecule has 0 saturated heterocycles. The van der Waals surface area contributed by atoms with Crippen molar-refractivity contribution in [2.75, 3.05) is 6.54 Å². The monoisotopic (exact) mass is 156 g/mol. The lowest BCUT2D eigenvalue weighted by molar-refractivity contribution is -0.121. The summed E-state index contributed by atoms with van der Waals surface area (Å²) in [6, 6.07) is 0.126. The summed E-state index contributed by atoms with van der Waals surface area (Å²) in [5, 5.41) is 2.84. The second kappa shape index (κ2) is 3.72. The van der Waals surface area contributed by atoms with Crippen molar-refractivity contribution in [1.82, 2.24) is 5.32 Å². The first kappa shape index (κ1) is 8.53. The lowest BCUT2D eigenvalue weighted by Gasteiger charge is -2.10. The molecule has 0 spiro atoms. The molecule has 1 amide bonds. The number of nitrogens with one attached hydrogen (secondary N) is 1. The molecule has 1 atom stereocenters. The molecule has 0 aliphatic heterocycles. The van der Waals surface area contributed by atoms with Crippen LogP contribution >= 0.6 is 0 Å². The largest absolute Gasteiger partial charge is 0.352 e. The van der Waals surface area contributed by atoms with Crippen LogP contribution in [0.15, 0.2) is 0 Å². The molecule has 3 heteroatoms. The van der Waals surface area contributed by atoms with E-state index in [9.17, 15) is 4.79 Å². The molecule has 0 bridgehead atoms. The summed E-state index contributed by atoms with van der Waals surface area (Å²) in [6.07, 6.45) is 3.15. The molecular formula is C8H16N2O. The molecule has 0 radical (unpaired) electrons. The SMILES string of the molecule is C[C@H](CN)NC(=O)CC1CC1. The highest BCUT2D eigenvalue weighted by atomic mass is 16.1. The summed E-state index contributed by atoms with van der Waals surface area (Å²) in [7, 11) is 0. The first-order valence-electron chi connectivity index (χ1n) is 4.21. The van der Waals surface area contributed by atoms with Gasteiger partial charge in [-0.05, 0) is 25.7 Å². The fraction of sp³-hybridized carbons (Fsp3) is 0.875. The van der Waals surface area contributed by atoms with Gasteiger partial charge >= 0.3 is 0 Å². The van der Waals surface area contributed by atoms with Crippen molar-refractivity contribution in [2.24, 2.45) is 11.7 Å². The van der Waals surface area contributed by atoms with E-state index in [0.717, 1.165) is 0 Å². The molecule has 3 N–H and O–H groups in total. The van der Waals surface area contributed by atoms with Crippen molar-refractivity contribution in [3.63, 3.8) is 0 Å². The summed E-state index contributed by atoms with van der Waals surface area (Å²) in [5.41, 5.74) is 5.35. The lowest BCUT2D eigenvalue weighted by Crippen LogP contribution is -2.37. The van der Waals surface area contributed by atoms with Gasteiger partial charge in [0.1, 0.15) is 0 Å². The van der Waals surface area contributed by atoms with Gasteiger partial charge in [-0.15, -0.1) is 0 Å². The zero-order valence-electron chi connectivity index (χ0n) is 6.97. The van der Waals surface area contributed by atoms with Crippen LogP contribution in [-0.2, 0) is 4.79 Å². The van der Waals surface area contributed by atoms with Crippen LogP contribution in [-0.4, -0.2) is 18.5 Å². The molecule has 1 aliphatic carbocycles. The second-order valence-corrected chi connectivity index (χ2v) is 3.35. The normalized spacial score (nSPS) is 19.5. The highest BCUT2D eigenvalue weighted by Gasteiger charge is 2.24. The molecule has 0 aromatic heterocycles. The van der Waals surface area contributed by atoms with Crippen LogP contribution in [0.25, 0.3) is 0 Å². The molecular weight excluding hydrogens is 140 g/mol. The molecule has 1 saturated carbocycles. The Morgan fingerprint density at radius 3 is 2.82 bits per heavy atom. The van der Waals surface area contributed by atoms with E-state index in [1.165, 1.54) is 12.8 Å². The van der Waals surface area contributed by atoms with Gasteiger partial charge in [-0.3, -0.25) is 4.79 Å². The maximum Gasteiger partial charge on any atom is 0.220 e. The predicted molar refractivity (Wildman–Crippen MR) is 44.0 cm³/mol. The summed E-state index contributed by atoms with van der Waals surface area (Å²) in [4.78, 5) is 11.1. The third-order valence-corrected chi connectivity index (χ3v) is 1.93. The van der Waals surface area contributed by atoms with Gasteiger partial charge in [-0.25, -0.2) is 0 Å². The third-order valence-electron chi connectivity index (χ3n) is 1.93. The van der Waals surface area contributed by atoms with Gasteiger partial charge in [0.2, 0.25) is 5.91 Å². The average molecular weight is 156 g/mol. The van der Waals surface area contributed by atoms with Crippen molar-refractivity contribution >= 4 is 5.91 Å². The van der Waals surface area contributed by atoms with Gasteiger partial charge in [0.15, 0.2) is 0 Å². The van der Waals surface area contributed by atoms with Gasteiger partial charge in [0, 0.05) is 19.0 Å². The summed E-state index contributed by atoms with van der Waals surface area (Å²) in [6.45, 7) is 2.45. The number of amides is 1. The molecule has 0 heterocycles. The van der Waals surface area contributed by atoms with Crippen molar-refractivity contribution in [1.29, 1.82) is 0 Å². The Morgan fingerprint density at radius 1 is 1.73 bits per heavy atom. The Kier molecular flexibility index (Phi) is 2.88. The fourth-order valence-electron chi connectivity index (χ4n) is 0.977. The summed E-state index contributed by atoms with van der Waals surface area (Å²) in [5.74, 6) is 0.824. The van der Waals surface area contributed by atoms with Crippen molar-refractivity contribution in [3.05, 3.63) is 0 Å². The molecule has 1 fully saturated rings. The number of carbonyl (C=O) groups is 1. The Labute approximate surface area is 67.3 Å². The van der Waals surface area contributed by atoms with Crippen LogP contribution in [0.1, 0.15) is 26.2 Å². The van der Waals surface area contributed by atoms with Crippen LogP contribution in [0.4, 0.5) is 0 Å². The van der Waals surface area contributed by atoms with Gasteiger partial charge in [0.05, 0.1) is 0 Å². The van der Waals surface area contributed by atoms with Gasteiger partial charge < -0.3 is 11.1 Å². The third kappa shape index (κ3) is 3.37. The molecule has 0 aromatic rings. The summed E-state index contributed by atoms with van der Waals surface area (Å²) < 4.78 is 0. The zero-order chi connectivity index (χ0) is 8.27. The minimum Gasteiger partial charge on any atom is -0.352 e. The standard InChI is InChI=1S/C8H16N2O/c1-6(5-9)10-8(11)4-7-2-3-7/h6-7H,2-5,9H2,1H3,(H,10,11)/t6-/m1/s1. The number of hydrogen-bond donors (Lipinski definition) is 2. The van der Waals surface area contributed by atoms with Gasteiger partial charge in [0.25, 0.3) is 0 Å². The Morgan fingerprint density at radius 2 is 2.36 bits per heavy atom. The van der Waals surface area contributed by atoms with Crippen molar-refractivity contribution < 1.29 is 4.79 Å². The molecule has 1 aliphatic rings. The van der Waals surface area contributed by atoms with Crippen LogP contribution in [0.3, 0.4) is 0 Å². The fourth-order valence-corrected chi connectivity index (χ4v) is 0.977. The minimum absolute atomic E-state index is 0.126. The van der Waals surface area contributed by atoms with E-state index in [-0.39, 0.29) is 11.9 Å². The van der Waals surface area contributed by atoms with E-state index >= 15 is 0 Å². The predicted octanol–water partition coefficient (Wildman–Crippen LogP) is 0.250. The van der Waals surface area contributed by atoms with Crippen molar-refractivity contribution in [2.45, 2.75) is 32.2 Å². The van der Waals surface area contributed by atoms with Crippen LogP contribution in [0.5, 0.6) is 0 Å². The van der Waals surface area contributed by atoms with Crippen LogP contribution in [0, 0.1) is 5.92 Å². The van der Waals surface area contributed by atoms with Crippen LogP contribution < -0.4 is 11.1 Å². The first-order chi connectivity index (χ1) is 5.22. The van der Waals surface area contributed by atoms with Gasteiger partial charge in [-0.2, -0.15) is 0 Å². The van der Waals surface area contributed by atoms with Crippen molar-refractivity contribution in [3.8, 4) is 0 Å². The maximum atomic E-state index is 11.1. The van der Waals surface area contributed by atoms with E-state index in [1.54, 1.807) is 0 Å². The smallest absolute Gasteiger partial charge is 0.220 e. The Hall–Kier alpha value is -0.570. The van der Waals surface area contributed by atoms with Crippen LogP contribution in [0.2, 0.25) is 0 Å². The zero-order valence-corrected chi connectivity index (χ0v) is 6.97. The average Bonchev–Trinajstić information content (AvgIpc) is 2.71. The van der Waals surface area contributed by atoms with E-state index in [0.29, 0.717) is 18.9 Å². The Balaban J connectivity index is 2.08. The molecule has 0 aromatic carbocycles. The number of hydrogen-bond acceptors (Lipinski definition) is 2. The number of carbonyl (C=O) groups excluding carboxylic acids is 1. The maximum absolute atomic E-state index is 11.1. The lowest BCUT2D eigenvalue weighted by atomic mass is 10.2. The second-order valence-electron chi connectivity index (χ2n) is 3.35. The Bertz CT molecular complexity index is 143. The highest BCUT2D eigenvalue weighted by molar-refractivity contribution is 5.76. The first-order valence-corrected chi connectivity index (χ1v) is 4.21. The van der Waals surface area contributed by atoms with E-state index in [4.69, 9.17) is 5.73 Å². The quantitative estimate of drug-likeness (QED) is 0.613. The minimum atomic E-state index is 0.126. The molecule has 3 nitrogen and oxygen atoms in total. The van der Waals surface area contributed by atoms with E-state index < -0.39 is 0 Å². The van der Waals surface area contributed by atoms with E-state index in [1.807, 2.05) is 6.92 Å². The topological polar surface area (TPSA) is 55.1 Å². The number of rotatable bonds is 4.